The molecule has 0 saturated carbocycles. The molecule has 2 heterocycles. The van der Waals surface area contributed by atoms with Crippen molar-refractivity contribution in [2.24, 2.45) is 0 Å². The number of carbonyl (C=O) groups excluding carboxylic acids is 1. The normalized spacial score (nSPS) is 19.0. The number of thioether (sulfide) groups is 1. The largest absolute Gasteiger partial charge is 0.323 e. The summed E-state index contributed by atoms with van der Waals surface area (Å²) in [7, 11) is 4.08. The lowest BCUT2D eigenvalue weighted by Crippen LogP contribution is -2.38. The Bertz CT molecular complexity index is 491. The van der Waals surface area contributed by atoms with Crippen LogP contribution in [0.4, 0.5) is 10.5 Å². The van der Waals surface area contributed by atoms with Crippen molar-refractivity contribution in [2.45, 2.75) is 38.0 Å². The number of carbonyl (C=O) groups is 1. The van der Waals surface area contributed by atoms with E-state index in [4.69, 9.17) is 0 Å². The van der Waals surface area contributed by atoms with Gasteiger partial charge in [-0.1, -0.05) is 13.3 Å². The third-order valence-electron chi connectivity index (χ3n) is 3.98. The molecule has 0 aliphatic carbocycles. The fourth-order valence-electron chi connectivity index (χ4n) is 2.71. The lowest BCUT2D eigenvalue weighted by atomic mass is 10.2. The van der Waals surface area contributed by atoms with E-state index in [0.717, 1.165) is 44.0 Å². The second-order valence-corrected chi connectivity index (χ2v) is 7.82. The number of aromatic nitrogens is 2. The van der Waals surface area contributed by atoms with Crippen molar-refractivity contribution in [1.29, 1.82) is 0 Å². The van der Waals surface area contributed by atoms with E-state index < -0.39 is 0 Å². The average molecular weight is 340 g/mol. The number of nitrogens with one attached hydrogen (secondary N) is 1. The van der Waals surface area contributed by atoms with E-state index in [2.05, 4.69) is 22.2 Å². The van der Waals surface area contributed by atoms with Crippen LogP contribution in [0.15, 0.2) is 12.4 Å². The van der Waals surface area contributed by atoms with Gasteiger partial charge < -0.3 is 15.1 Å². The SMILES string of the molecule is CCSC1CCCCN(C(=O)Nc2cnn(CCN(C)C)c2)C1. The summed E-state index contributed by atoms with van der Waals surface area (Å²) < 4.78 is 1.87. The summed E-state index contributed by atoms with van der Waals surface area (Å²) in [5.74, 6) is 1.11. The molecule has 1 atom stereocenters. The van der Waals surface area contributed by atoms with Crippen LogP contribution in [-0.2, 0) is 6.54 Å². The topological polar surface area (TPSA) is 53.4 Å². The predicted molar refractivity (Wildman–Crippen MR) is 97.1 cm³/mol. The summed E-state index contributed by atoms with van der Waals surface area (Å²) in [6, 6.07) is 0.000706. The van der Waals surface area contributed by atoms with Crippen molar-refractivity contribution in [2.75, 3.05) is 44.8 Å². The molecule has 2 rings (SSSR count). The number of likely N-dealkylation sites (N-methyl/N-ethyl adjacent to an activating group) is 1. The minimum Gasteiger partial charge on any atom is -0.323 e. The summed E-state index contributed by atoms with van der Waals surface area (Å²) in [5, 5.41) is 7.86. The molecule has 1 unspecified atom stereocenters. The van der Waals surface area contributed by atoms with Gasteiger partial charge in [0.05, 0.1) is 18.4 Å². The Balaban J connectivity index is 1.87. The molecule has 6 nitrogen and oxygen atoms in total. The van der Waals surface area contributed by atoms with Crippen LogP contribution in [0.1, 0.15) is 26.2 Å². The number of rotatable bonds is 6. The Morgan fingerprint density at radius 3 is 3.04 bits per heavy atom. The number of hydrogen-bond acceptors (Lipinski definition) is 4. The Kier molecular flexibility index (Phi) is 7.23. The van der Waals surface area contributed by atoms with Gasteiger partial charge in [0.15, 0.2) is 0 Å². The summed E-state index contributed by atoms with van der Waals surface area (Å²) in [6.07, 6.45) is 7.14. The monoisotopic (exact) mass is 339 g/mol. The standard InChI is InChI=1S/C16H29N5OS/c1-4-23-15-7-5-6-8-20(13-15)16(22)18-14-11-17-21(12-14)10-9-19(2)3/h11-12,15H,4-10,13H2,1-3H3,(H,18,22). The lowest BCUT2D eigenvalue weighted by molar-refractivity contribution is 0.214. The van der Waals surface area contributed by atoms with E-state index in [1.165, 1.54) is 12.8 Å². The fraction of sp³-hybridized carbons (Fsp3) is 0.750. The molecule has 130 valence electrons. The number of urea groups is 1. The zero-order valence-corrected chi connectivity index (χ0v) is 15.3. The van der Waals surface area contributed by atoms with Gasteiger partial charge >= 0.3 is 6.03 Å². The summed E-state index contributed by atoms with van der Waals surface area (Å²) in [6.45, 7) is 5.63. The second-order valence-electron chi connectivity index (χ2n) is 6.24. The molecule has 1 aliphatic rings. The van der Waals surface area contributed by atoms with Gasteiger partial charge in [0.2, 0.25) is 0 Å². The molecule has 2 amide bonds. The highest BCUT2D eigenvalue weighted by atomic mass is 32.2. The highest BCUT2D eigenvalue weighted by molar-refractivity contribution is 7.99. The number of anilines is 1. The minimum absolute atomic E-state index is 0.000706. The van der Waals surface area contributed by atoms with Gasteiger partial charge in [0.1, 0.15) is 0 Å². The molecule has 1 fully saturated rings. The van der Waals surface area contributed by atoms with E-state index in [-0.39, 0.29) is 6.03 Å². The van der Waals surface area contributed by atoms with E-state index in [1.54, 1.807) is 6.20 Å². The predicted octanol–water partition coefficient (Wildman–Crippen LogP) is 2.58. The van der Waals surface area contributed by atoms with Gasteiger partial charge in [-0.25, -0.2) is 4.79 Å². The molecule has 1 aromatic rings. The van der Waals surface area contributed by atoms with Crippen LogP contribution >= 0.6 is 11.8 Å². The van der Waals surface area contributed by atoms with Gasteiger partial charge in [-0.15, -0.1) is 0 Å². The van der Waals surface area contributed by atoms with E-state index in [1.807, 2.05) is 41.6 Å². The van der Waals surface area contributed by atoms with Crippen LogP contribution in [0, 0.1) is 0 Å². The van der Waals surface area contributed by atoms with Gasteiger partial charge in [-0.3, -0.25) is 4.68 Å². The van der Waals surface area contributed by atoms with E-state index >= 15 is 0 Å². The third kappa shape index (κ3) is 6.06. The molecule has 0 spiro atoms. The minimum atomic E-state index is 0.000706. The first-order valence-corrected chi connectivity index (χ1v) is 9.48. The summed E-state index contributed by atoms with van der Waals surface area (Å²) in [4.78, 5) is 16.6. The summed E-state index contributed by atoms with van der Waals surface area (Å²) in [5.41, 5.74) is 0.776. The quantitative estimate of drug-likeness (QED) is 0.865. The van der Waals surface area contributed by atoms with Crippen molar-refractivity contribution >= 4 is 23.5 Å². The number of hydrogen-bond donors (Lipinski definition) is 1. The molecule has 0 bridgehead atoms. The molecule has 1 saturated heterocycles. The maximum atomic E-state index is 12.5. The van der Waals surface area contributed by atoms with E-state index in [9.17, 15) is 4.79 Å². The maximum absolute atomic E-state index is 12.5. The Hall–Kier alpha value is -1.21. The Labute approximate surface area is 143 Å². The third-order valence-corrected chi connectivity index (χ3v) is 5.17. The highest BCUT2D eigenvalue weighted by Gasteiger charge is 2.22. The van der Waals surface area contributed by atoms with Crippen molar-refractivity contribution < 1.29 is 4.79 Å². The van der Waals surface area contributed by atoms with E-state index in [0.29, 0.717) is 5.25 Å². The lowest BCUT2D eigenvalue weighted by Gasteiger charge is -2.24. The molecular weight excluding hydrogens is 310 g/mol. The Morgan fingerprint density at radius 2 is 2.30 bits per heavy atom. The van der Waals surface area contributed by atoms with Crippen molar-refractivity contribution in [3.05, 3.63) is 12.4 Å². The van der Waals surface area contributed by atoms with Gasteiger partial charge in [0.25, 0.3) is 0 Å². The number of amides is 2. The first-order chi connectivity index (χ1) is 11.1. The van der Waals surface area contributed by atoms with Crippen LogP contribution < -0.4 is 5.32 Å². The van der Waals surface area contributed by atoms with Gasteiger partial charge in [0, 0.05) is 31.1 Å². The fourth-order valence-corrected chi connectivity index (χ4v) is 3.80. The van der Waals surface area contributed by atoms with Crippen LogP contribution in [0.2, 0.25) is 0 Å². The van der Waals surface area contributed by atoms with Gasteiger partial charge in [-0.2, -0.15) is 16.9 Å². The van der Waals surface area contributed by atoms with Crippen molar-refractivity contribution in [3.63, 3.8) is 0 Å². The molecule has 1 N–H and O–H groups in total. The van der Waals surface area contributed by atoms with Crippen molar-refractivity contribution in [1.82, 2.24) is 19.6 Å². The maximum Gasteiger partial charge on any atom is 0.321 e. The van der Waals surface area contributed by atoms with Crippen LogP contribution in [0.3, 0.4) is 0 Å². The molecule has 1 aliphatic heterocycles. The van der Waals surface area contributed by atoms with Crippen LogP contribution in [0.25, 0.3) is 0 Å². The first kappa shape index (κ1) is 18.1. The average Bonchev–Trinajstić information content (AvgIpc) is 2.81. The highest BCUT2D eigenvalue weighted by Crippen LogP contribution is 2.22. The zero-order valence-electron chi connectivity index (χ0n) is 14.5. The van der Waals surface area contributed by atoms with Crippen molar-refractivity contribution in [3.8, 4) is 0 Å². The molecule has 1 aromatic heterocycles. The first-order valence-electron chi connectivity index (χ1n) is 8.43. The smallest absolute Gasteiger partial charge is 0.321 e. The molecule has 0 radical (unpaired) electrons. The zero-order chi connectivity index (χ0) is 16.7. The second kappa shape index (κ2) is 9.17. The molecule has 23 heavy (non-hydrogen) atoms. The van der Waals surface area contributed by atoms with Gasteiger partial charge in [-0.05, 0) is 32.7 Å². The number of likely N-dealkylation sites (tertiary alicyclic amines) is 1. The molecule has 0 aromatic carbocycles. The van der Waals surface area contributed by atoms with Crippen LogP contribution in [0.5, 0.6) is 0 Å². The summed E-state index contributed by atoms with van der Waals surface area (Å²) >= 11 is 1.96. The molecular formula is C16H29N5OS. The van der Waals surface area contributed by atoms with Crippen LogP contribution in [-0.4, -0.2) is 70.3 Å². The Morgan fingerprint density at radius 1 is 1.48 bits per heavy atom. The number of nitrogens with zero attached hydrogens (tertiary/aromatic N) is 4. The molecule has 7 heteroatoms.